The van der Waals surface area contributed by atoms with Gasteiger partial charge in [0.05, 0.1) is 15.7 Å². The first-order chi connectivity index (χ1) is 14.0. The fourth-order valence-corrected chi connectivity index (χ4v) is 4.54. The fraction of sp³-hybridized carbons (Fsp3) is 0.364. The lowest BCUT2D eigenvalue weighted by molar-refractivity contribution is -0.116. The highest BCUT2D eigenvalue weighted by molar-refractivity contribution is 6.43. The first-order valence-electron chi connectivity index (χ1n) is 9.85. The summed E-state index contributed by atoms with van der Waals surface area (Å²) in [5.41, 5.74) is 3.59. The van der Waals surface area contributed by atoms with Crippen LogP contribution in [0.2, 0.25) is 10.0 Å². The topological polar surface area (TPSA) is 43.9 Å². The van der Waals surface area contributed by atoms with E-state index in [9.17, 15) is 9.59 Å². The number of carbonyl (C=O) groups is 2. The van der Waals surface area contributed by atoms with E-state index in [4.69, 9.17) is 23.2 Å². The summed E-state index contributed by atoms with van der Waals surface area (Å²) < 4.78 is 0. The smallest absolute Gasteiger partial charge is 0.253 e. The second-order valence-corrected chi connectivity index (χ2v) is 8.26. The Hall–Kier alpha value is -2.24. The summed E-state index contributed by atoms with van der Waals surface area (Å²) in [4.78, 5) is 30.7. The Balaban J connectivity index is 1.46. The molecule has 5 nitrogen and oxygen atoms in total. The van der Waals surface area contributed by atoms with Crippen molar-refractivity contribution in [2.75, 3.05) is 42.5 Å². The maximum absolute atomic E-state index is 13.0. The van der Waals surface area contributed by atoms with Crippen molar-refractivity contribution in [3.63, 3.8) is 0 Å². The molecule has 0 unspecified atom stereocenters. The molecule has 1 fully saturated rings. The van der Waals surface area contributed by atoms with Crippen molar-refractivity contribution in [1.29, 1.82) is 0 Å². The van der Waals surface area contributed by atoms with Gasteiger partial charge in [0.1, 0.15) is 0 Å². The van der Waals surface area contributed by atoms with E-state index in [1.165, 1.54) is 0 Å². The number of fused-ring (bicyclic) bond motifs is 1. The van der Waals surface area contributed by atoms with Gasteiger partial charge in [0.25, 0.3) is 5.91 Å². The van der Waals surface area contributed by atoms with E-state index in [-0.39, 0.29) is 11.8 Å². The third kappa shape index (κ3) is 3.94. The van der Waals surface area contributed by atoms with Crippen LogP contribution in [0.15, 0.2) is 36.4 Å². The van der Waals surface area contributed by atoms with E-state index < -0.39 is 0 Å². The lowest BCUT2D eigenvalue weighted by atomic mass is 9.98. The van der Waals surface area contributed by atoms with Crippen LogP contribution < -0.4 is 9.80 Å². The average Bonchev–Trinajstić information content (AvgIpc) is 2.74. The Bertz CT molecular complexity index is 955. The molecule has 0 aliphatic carbocycles. The molecule has 152 valence electrons. The number of carbonyl (C=O) groups excluding carboxylic acids is 2. The van der Waals surface area contributed by atoms with Crippen LogP contribution in [0.25, 0.3) is 0 Å². The van der Waals surface area contributed by atoms with Crippen LogP contribution >= 0.6 is 23.2 Å². The zero-order valence-corrected chi connectivity index (χ0v) is 17.8. The molecule has 2 aromatic rings. The second kappa shape index (κ2) is 8.25. The highest BCUT2D eigenvalue weighted by atomic mass is 35.5. The molecule has 0 aromatic heterocycles. The quantitative estimate of drug-likeness (QED) is 0.713. The summed E-state index contributed by atoms with van der Waals surface area (Å²) in [6.07, 6.45) is 1.81. The van der Waals surface area contributed by atoms with Crippen LogP contribution in [0, 0.1) is 0 Å². The first-order valence-corrected chi connectivity index (χ1v) is 10.6. The van der Waals surface area contributed by atoms with Gasteiger partial charge in [-0.2, -0.15) is 0 Å². The van der Waals surface area contributed by atoms with Crippen LogP contribution in [0.4, 0.5) is 11.4 Å². The van der Waals surface area contributed by atoms with E-state index in [0.717, 1.165) is 36.3 Å². The van der Waals surface area contributed by atoms with Crippen molar-refractivity contribution < 1.29 is 9.59 Å². The third-order valence-corrected chi connectivity index (χ3v) is 6.47. The van der Waals surface area contributed by atoms with Crippen molar-refractivity contribution in [2.45, 2.75) is 19.8 Å². The molecule has 4 rings (SSSR count). The van der Waals surface area contributed by atoms with Crippen molar-refractivity contribution in [1.82, 2.24) is 4.90 Å². The number of amides is 2. The molecule has 2 aromatic carbocycles. The Morgan fingerprint density at radius 2 is 1.69 bits per heavy atom. The Morgan fingerprint density at radius 3 is 2.41 bits per heavy atom. The van der Waals surface area contributed by atoms with Crippen LogP contribution in [0.1, 0.15) is 29.3 Å². The summed E-state index contributed by atoms with van der Waals surface area (Å²) in [6, 6.07) is 11.3. The van der Waals surface area contributed by atoms with E-state index >= 15 is 0 Å². The van der Waals surface area contributed by atoms with Crippen molar-refractivity contribution in [2.24, 2.45) is 0 Å². The van der Waals surface area contributed by atoms with Crippen molar-refractivity contribution in [3.05, 3.63) is 57.6 Å². The molecule has 1 saturated heterocycles. The number of rotatable bonds is 2. The number of anilines is 2. The molecule has 2 amide bonds. The van der Waals surface area contributed by atoms with Gasteiger partial charge in [0.2, 0.25) is 5.91 Å². The number of halogens is 2. The molecule has 2 aliphatic rings. The predicted molar refractivity (Wildman–Crippen MR) is 117 cm³/mol. The SMILES string of the molecule is CC(=O)N1CCCc2cc(C(=O)N3CCN(c4cccc(Cl)c4Cl)CC3)ccc21. The predicted octanol–water partition coefficient (Wildman–Crippen LogP) is 4.25. The molecule has 7 heteroatoms. The number of hydrogen-bond donors (Lipinski definition) is 0. The highest BCUT2D eigenvalue weighted by Gasteiger charge is 2.26. The molecule has 2 heterocycles. The van der Waals surface area contributed by atoms with Crippen LogP contribution in [0.5, 0.6) is 0 Å². The number of benzene rings is 2. The van der Waals surface area contributed by atoms with Gasteiger partial charge in [-0.05, 0) is 48.7 Å². The maximum Gasteiger partial charge on any atom is 0.253 e. The summed E-state index contributed by atoms with van der Waals surface area (Å²) in [6.45, 7) is 4.98. The zero-order valence-electron chi connectivity index (χ0n) is 16.3. The zero-order chi connectivity index (χ0) is 20.5. The molecule has 0 atom stereocenters. The van der Waals surface area contributed by atoms with Gasteiger partial charge in [0, 0.05) is 50.9 Å². The minimum absolute atomic E-state index is 0.0320. The normalized spacial score (nSPS) is 16.6. The minimum Gasteiger partial charge on any atom is -0.367 e. The fourth-order valence-electron chi connectivity index (χ4n) is 4.13. The standard InChI is InChI=1S/C22H23Cl2N3O2/c1-15(28)27-9-3-4-16-14-17(7-8-19(16)27)22(29)26-12-10-25(11-13-26)20-6-2-5-18(23)21(20)24/h2,5-8,14H,3-4,9-13H2,1H3. The van der Waals surface area contributed by atoms with Crippen LogP contribution in [0.3, 0.4) is 0 Å². The largest absolute Gasteiger partial charge is 0.367 e. The average molecular weight is 432 g/mol. The number of hydrogen-bond acceptors (Lipinski definition) is 3. The van der Waals surface area contributed by atoms with Gasteiger partial charge in [-0.25, -0.2) is 0 Å². The Labute approximate surface area is 180 Å². The Kier molecular flexibility index (Phi) is 5.70. The molecule has 0 spiro atoms. The van der Waals surface area contributed by atoms with Gasteiger partial charge >= 0.3 is 0 Å². The molecule has 0 bridgehead atoms. The number of nitrogens with zero attached hydrogens (tertiary/aromatic N) is 3. The lowest BCUT2D eigenvalue weighted by Gasteiger charge is -2.37. The van der Waals surface area contributed by atoms with Crippen molar-refractivity contribution in [3.8, 4) is 0 Å². The van der Waals surface area contributed by atoms with E-state index in [2.05, 4.69) is 4.90 Å². The van der Waals surface area contributed by atoms with Crippen LogP contribution in [-0.4, -0.2) is 49.4 Å². The van der Waals surface area contributed by atoms with Crippen LogP contribution in [-0.2, 0) is 11.2 Å². The molecule has 29 heavy (non-hydrogen) atoms. The molecular formula is C22H23Cl2N3O2. The minimum atomic E-state index is 0.0320. The summed E-state index contributed by atoms with van der Waals surface area (Å²) in [7, 11) is 0. The third-order valence-electron chi connectivity index (χ3n) is 5.66. The Morgan fingerprint density at radius 1 is 0.931 bits per heavy atom. The molecular weight excluding hydrogens is 409 g/mol. The molecule has 0 radical (unpaired) electrons. The molecule has 0 saturated carbocycles. The number of aryl methyl sites for hydroxylation is 1. The summed E-state index contributed by atoms with van der Waals surface area (Å²) >= 11 is 12.5. The molecule has 2 aliphatic heterocycles. The van der Waals surface area contributed by atoms with Gasteiger partial charge in [-0.3, -0.25) is 9.59 Å². The van der Waals surface area contributed by atoms with E-state index in [1.807, 2.05) is 35.2 Å². The van der Waals surface area contributed by atoms with Gasteiger partial charge in [0.15, 0.2) is 0 Å². The van der Waals surface area contributed by atoms with E-state index in [1.54, 1.807) is 17.9 Å². The first kappa shape index (κ1) is 20.0. The monoisotopic (exact) mass is 431 g/mol. The highest BCUT2D eigenvalue weighted by Crippen LogP contribution is 2.33. The number of piperazine rings is 1. The molecule has 0 N–H and O–H groups in total. The van der Waals surface area contributed by atoms with Crippen molar-refractivity contribution >= 4 is 46.4 Å². The summed E-state index contributed by atoms with van der Waals surface area (Å²) in [5, 5.41) is 1.09. The second-order valence-electron chi connectivity index (χ2n) is 7.47. The van der Waals surface area contributed by atoms with E-state index in [0.29, 0.717) is 41.8 Å². The van der Waals surface area contributed by atoms with Gasteiger partial charge in [-0.15, -0.1) is 0 Å². The van der Waals surface area contributed by atoms with Gasteiger partial charge in [-0.1, -0.05) is 29.3 Å². The summed E-state index contributed by atoms with van der Waals surface area (Å²) in [5.74, 6) is 0.0745. The lowest BCUT2D eigenvalue weighted by Crippen LogP contribution is -2.49. The van der Waals surface area contributed by atoms with Gasteiger partial charge < -0.3 is 14.7 Å². The maximum atomic E-state index is 13.0.